The van der Waals surface area contributed by atoms with Crippen molar-refractivity contribution in [3.05, 3.63) is 23.7 Å². The average molecular weight is 199 g/mol. The lowest BCUT2D eigenvalue weighted by Gasteiger charge is -1.97. The molecule has 2 N–H and O–H groups in total. The van der Waals surface area contributed by atoms with Gasteiger partial charge in [0.1, 0.15) is 12.0 Å². The van der Waals surface area contributed by atoms with E-state index in [9.17, 15) is 4.79 Å². The highest BCUT2D eigenvalue weighted by atomic mass is 16.5. The standard InChI is InChI=1S/C9H13NO4/c1-13-9(12)7-4-8(14-6-7)5-10-2-3-11/h4,6,10-11H,2-3,5H2,1H3. The van der Waals surface area contributed by atoms with E-state index in [2.05, 4.69) is 10.1 Å². The average Bonchev–Trinajstić information content (AvgIpc) is 2.66. The molecule has 0 aliphatic carbocycles. The molecular weight excluding hydrogens is 186 g/mol. The summed E-state index contributed by atoms with van der Waals surface area (Å²) >= 11 is 0. The van der Waals surface area contributed by atoms with Gasteiger partial charge in [-0.2, -0.15) is 0 Å². The number of methoxy groups -OCH3 is 1. The maximum Gasteiger partial charge on any atom is 0.341 e. The minimum Gasteiger partial charge on any atom is -0.467 e. The summed E-state index contributed by atoms with van der Waals surface area (Å²) in [6, 6.07) is 1.61. The fourth-order valence-electron chi connectivity index (χ4n) is 0.989. The molecule has 0 fully saturated rings. The molecule has 0 atom stereocenters. The third-order valence-electron chi connectivity index (χ3n) is 1.66. The van der Waals surface area contributed by atoms with Crippen molar-refractivity contribution >= 4 is 5.97 Å². The molecule has 1 aromatic heterocycles. The van der Waals surface area contributed by atoms with Gasteiger partial charge in [0, 0.05) is 6.54 Å². The number of aliphatic hydroxyl groups is 1. The Hall–Kier alpha value is -1.33. The van der Waals surface area contributed by atoms with Gasteiger partial charge in [0.2, 0.25) is 0 Å². The van der Waals surface area contributed by atoms with Crippen LogP contribution in [0.2, 0.25) is 0 Å². The third kappa shape index (κ3) is 2.86. The maximum absolute atomic E-state index is 11.0. The molecule has 0 bridgehead atoms. The molecule has 0 unspecified atom stereocenters. The van der Waals surface area contributed by atoms with Crippen molar-refractivity contribution < 1.29 is 19.1 Å². The highest BCUT2D eigenvalue weighted by Gasteiger charge is 2.09. The van der Waals surface area contributed by atoms with E-state index in [-0.39, 0.29) is 6.61 Å². The molecule has 0 radical (unpaired) electrons. The molecule has 78 valence electrons. The summed E-state index contributed by atoms with van der Waals surface area (Å²) in [5.74, 6) is 0.223. The van der Waals surface area contributed by atoms with E-state index >= 15 is 0 Å². The van der Waals surface area contributed by atoms with Gasteiger partial charge in [-0.25, -0.2) is 4.79 Å². The number of hydrogen-bond donors (Lipinski definition) is 2. The molecule has 0 aromatic carbocycles. The largest absolute Gasteiger partial charge is 0.467 e. The maximum atomic E-state index is 11.0. The number of nitrogens with one attached hydrogen (secondary N) is 1. The smallest absolute Gasteiger partial charge is 0.341 e. The van der Waals surface area contributed by atoms with E-state index in [1.807, 2.05) is 0 Å². The molecule has 0 amide bonds. The summed E-state index contributed by atoms with van der Waals surface area (Å²) in [6.45, 7) is 1.05. The Labute approximate surface area is 81.7 Å². The van der Waals surface area contributed by atoms with Gasteiger partial charge in [0.25, 0.3) is 0 Å². The molecule has 0 saturated heterocycles. The second-order valence-corrected chi connectivity index (χ2v) is 2.69. The molecular formula is C9H13NO4. The molecule has 1 rings (SSSR count). The van der Waals surface area contributed by atoms with Crippen molar-refractivity contribution in [2.24, 2.45) is 0 Å². The Balaban J connectivity index is 2.46. The first-order chi connectivity index (χ1) is 6.77. The highest BCUT2D eigenvalue weighted by Crippen LogP contribution is 2.08. The van der Waals surface area contributed by atoms with Crippen LogP contribution in [-0.4, -0.2) is 31.3 Å². The first-order valence-electron chi connectivity index (χ1n) is 4.25. The quantitative estimate of drug-likeness (QED) is 0.521. The van der Waals surface area contributed by atoms with Crippen LogP contribution in [-0.2, 0) is 11.3 Å². The number of esters is 1. The summed E-state index contributed by atoms with van der Waals surface area (Å²) in [7, 11) is 1.32. The zero-order valence-corrected chi connectivity index (χ0v) is 7.95. The van der Waals surface area contributed by atoms with Crippen LogP contribution in [0, 0.1) is 0 Å². The Morgan fingerprint density at radius 3 is 3.14 bits per heavy atom. The summed E-state index contributed by atoms with van der Waals surface area (Å²) in [4.78, 5) is 11.0. The Morgan fingerprint density at radius 1 is 1.71 bits per heavy atom. The van der Waals surface area contributed by atoms with Gasteiger partial charge in [-0.15, -0.1) is 0 Å². The predicted molar refractivity (Wildman–Crippen MR) is 48.8 cm³/mol. The molecule has 5 nitrogen and oxygen atoms in total. The van der Waals surface area contributed by atoms with Gasteiger partial charge in [-0.05, 0) is 6.07 Å². The normalized spacial score (nSPS) is 10.1. The van der Waals surface area contributed by atoms with Crippen LogP contribution < -0.4 is 5.32 Å². The second-order valence-electron chi connectivity index (χ2n) is 2.69. The zero-order chi connectivity index (χ0) is 10.4. The summed E-state index contributed by atoms with van der Waals surface area (Å²) in [5, 5.41) is 11.4. The molecule has 0 spiro atoms. The van der Waals surface area contributed by atoms with Crippen LogP contribution in [0.25, 0.3) is 0 Å². The molecule has 1 aromatic rings. The number of carbonyl (C=O) groups excluding carboxylic acids is 1. The van der Waals surface area contributed by atoms with E-state index < -0.39 is 5.97 Å². The fraction of sp³-hybridized carbons (Fsp3) is 0.444. The van der Waals surface area contributed by atoms with Gasteiger partial charge < -0.3 is 19.6 Å². The molecule has 0 aliphatic heterocycles. The zero-order valence-electron chi connectivity index (χ0n) is 7.95. The second kappa shape index (κ2) is 5.41. The summed E-state index contributed by atoms with van der Waals surface area (Å²) in [6.07, 6.45) is 1.35. The number of carbonyl (C=O) groups is 1. The number of hydrogen-bond acceptors (Lipinski definition) is 5. The van der Waals surface area contributed by atoms with Gasteiger partial charge in [-0.3, -0.25) is 0 Å². The topological polar surface area (TPSA) is 71.7 Å². The first kappa shape index (κ1) is 10.7. The van der Waals surface area contributed by atoms with Crippen LogP contribution in [0.4, 0.5) is 0 Å². The summed E-state index contributed by atoms with van der Waals surface area (Å²) < 4.78 is 9.61. The van der Waals surface area contributed by atoms with E-state index in [0.29, 0.717) is 24.4 Å². The minimum absolute atomic E-state index is 0.0740. The Bertz CT molecular complexity index is 295. The predicted octanol–water partition coefficient (Wildman–Crippen LogP) is 0.148. The van der Waals surface area contributed by atoms with Crippen LogP contribution in [0.5, 0.6) is 0 Å². The Morgan fingerprint density at radius 2 is 2.50 bits per heavy atom. The van der Waals surface area contributed by atoms with E-state index in [4.69, 9.17) is 9.52 Å². The van der Waals surface area contributed by atoms with Crippen LogP contribution in [0.1, 0.15) is 16.1 Å². The number of aliphatic hydroxyl groups excluding tert-OH is 1. The molecule has 0 saturated carbocycles. The minimum atomic E-state index is -0.415. The monoisotopic (exact) mass is 199 g/mol. The fourth-order valence-corrected chi connectivity index (χ4v) is 0.989. The molecule has 1 heterocycles. The van der Waals surface area contributed by atoms with Crippen molar-refractivity contribution in [1.82, 2.24) is 5.32 Å². The lowest BCUT2D eigenvalue weighted by molar-refractivity contribution is 0.0600. The van der Waals surface area contributed by atoms with Crippen LogP contribution in [0.3, 0.4) is 0 Å². The SMILES string of the molecule is COC(=O)c1coc(CNCCO)c1. The van der Waals surface area contributed by atoms with Crippen molar-refractivity contribution in [3.8, 4) is 0 Å². The van der Waals surface area contributed by atoms with E-state index in [0.717, 1.165) is 0 Å². The van der Waals surface area contributed by atoms with Crippen LogP contribution >= 0.6 is 0 Å². The van der Waals surface area contributed by atoms with E-state index in [1.54, 1.807) is 6.07 Å². The van der Waals surface area contributed by atoms with Gasteiger partial charge in [-0.1, -0.05) is 0 Å². The van der Waals surface area contributed by atoms with Crippen molar-refractivity contribution in [3.63, 3.8) is 0 Å². The number of ether oxygens (including phenoxy) is 1. The van der Waals surface area contributed by atoms with Gasteiger partial charge in [0.05, 0.1) is 25.8 Å². The lowest BCUT2D eigenvalue weighted by atomic mass is 10.3. The highest BCUT2D eigenvalue weighted by molar-refractivity contribution is 5.88. The Kier molecular flexibility index (Phi) is 4.15. The first-order valence-corrected chi connectivity index (χ1v) is 4.25. The van der Waals surface area contributed by atoms with Crippen molar-refractivity contribution in [1.29, 1.82) is 0 Å². The lowest BCUT2D eigenvalue weighted by Crippen LogP contribution is -2.16. The molecule has 0 aliphatic rings. The molecule has 14 heavy (non-hydrogen) atoms. The van der Waals surface area contributed by atoms with Crippen LogP contribution in [0.15, 0.2) is 16.7 Å². The van der Waals surface area contributed by atoms with Crippen molar-refractivity contribution in [2.45, 2.75) is 6.54 Å². The van der Waals surface area contributed by atoms with Gasteiger partial charge in [0.15, 0.2) is 0 Å². The van der Waals surface area contributed by atoms with Crippen molar-refractivity contribution in [2.75, 3.05) is 20.3 Å². The summed E-state index contributed by atoms with van der Waals surface area (Å²) in [5.41, 5.74) is 0.397. The number of furan rings is 1. The number of rotatable bonds is 5. The van der Waals surface area contributed by atoms with E-state index in [1.165, 1.54) is 13.4 Å². The van der Waals surface area contributed by atoms with Gasteiger partial charge >= 0.3 is 5.97 Å². The molecule has 5 heteroatoms. The third-order valence-corrected chi connectivity index (χ3v) is 1.66.